The van der Waals surface area contributed by atoms with Crippen LogP contribution in [0.5, 0.6) is 11.5 Å². The van der Waals surface area contributed by atoms with Crippen molar-refractivity contribution in [2.24, 2.45) is 0 Å². The highest BCUT2D eigenvalue weighted by Crippen LogP contribution is 2.31. The topological polar surface area (TPSA) is 109 Å². The number of ether oxygens (including phenoxy) is 1. The number of aromatic nitrogens is 1. The number of nitrogens with one attached hydrogen (secondary N) is 1. The summed E-state index contributed by atoms with van der Waals surface area (Å²) in [5, 5.41) is 2.88. The van der Waals surface area contributed by atoms with Crippen molar-refractivity contribution < 1.29 is 23.9 Å². The molecule has 0 bridgehead atoms. The minimum Gasteiger partial charge on any atom is -0.457 e. The summed E-state index contributed by atoms with van der Waals surface area (Å²) in [6.45, 7) is 0.887. The van der Waals surface area contributed by atoms with Gasteiger partial charge in [0.15, 0.2) is 5.78 Å². The second kappa shape index (κ2) is 11.9. The molecule has 5 rings (SSSR count). The van der Waals surface area contributed by atoms with Gasteiger partial charge in [-0.3, -0.25) is 24.2 Å². The molecule has 1 aromatic heterocycles. The van der Waals surface area contributed by atoms with E-state index in [0.29, 0.717) is 49.4 Å². The Balaban J connectivity index is 1.04. The zero-order chi connectivity index (χ0) is 27.2. The number of benzene rings is 2. The van der Waals surface area contributed by atoms with E-state index in [2.05, 4.69) is 10.3 Å². The Hall–Kier alpha value is -4.53. The van der Waals surface area contributed by atoms with Crippen LogP contribution in [0.1, 0.15) is 46.5 Å². The molecular weight excluding hydrogens is 496 g/mol. The number of rotatable bonds is 9. The first-order valence-corrected chi connectivity index (χ1v) is 13.2. The number of para-hydroxylation sites is 1. The molecule has 3 aromatic rings. The van der Waals surface area contributed by atoms with Crippen LogP contribution in [0.15, 0.2) is 79.0 Å². The SMILES string of the molecule is O=C(NCCCCC(=O)N1CCC2C1C(=O)CN2C(=O)c1ccccn1)c1ccc(Oc2ccccc2)cc1. The molecule has 2 fully saturated rings. The molecule has 3 amide bonds. The van der Waals surface area contributed by atoms with Crippen molar-refractivity contribution in [3.8, 4) is 11.5 Å². The quantitative estimate of drug-likeness (QED) is 0.428. The third-order valence-electron chi connectivity index (χ3n) is 7.09. The standard InChI is InChI=1S/C30H30N4O5/c35-26-20-34(30(38)24-10-4-6-17-31-24)25-16-19-33(28(25)26)27(36)11-5-7-18-32-29(37)21-12-14-23(15-13-21)39-22-8-2-1-3-9-22/h1-4,6,8-10,12-15,17,25,28H,5,7,11,16,18-20H2,(H,32,37). The third-order valence-corrected chi connectivity index (χ3v) is 7.09. The molecule has 2 unspecified atom stereocenters. The minimum atomic E-state index is -0.585. The predicted molar refractivity (Wildman–Crippen MR) is 143 cm³/mol. The Morgan fingerprint density at radius 2 is 1.64 bits per heavy atom. The van der Waals surface area contributed by atoms with Gasteiger partial charge in [-0.25, -0.2) is 0 Å². The zero-order valence-corrected chi connectivity index (χ0v) is 21.5. The Bertz CT molecular complexity index is 1330. The van der Waals surface area contributed by atoms with Gasteiger partial charge in [0.25, 0.3) is 11.8 Å². The first-order chi connectivity index (χ1) is 19.0. The highest BCUT2D eigenvalue weighted by Gasteiger charge is 2.51. The van der Waals surface area contributed by atoms with Gasteiger partial charge in [-0.2, -0.15) is 0 Å². The first kappa shape index (κ1) is 26.1. The maximum atomic E-state index is 12.9. The van der Waals surface area contributed by atoms with Crippen LogP contribution in [-0.4, -0.2) is 70.0 Å². The molecule has 0 spiro atoms. The number of amides is 3. The van der Waals surface area contributed by atoms with Crippen LogP contribution in [0.4, 0.5) is 0 Å². The number of hydrogen-bond acceptors (Lipinski definition) is 6. The molecule has 0 radical (unpaired) electrons. The lowest BCUT2D eigenvalue weighted by Crippen LogP contribution is -2.43. The lowest BCUT2D eigenvalue weighted by molar-refractivity contribution is -0.136. The van der Waals surface area contributed by atoms with Gasteiger partial charge >= 0.3 is 0 Å². The fourth-order valence-electron chi connectivity index (χ4n) is 5.16. The molecule has 1 N–H and O–H groups in total. The van der Waals surface area contributed by atoms with Gasteiger partial charge in [-0.15, -0.1) is 0 Å². The summed E-state index contributed by atoms with van der Waals surface area (Å²) in [6, 6.07) is 20.5. The fourth-order valence-corrected chi connectivity index (χ4v) is 5.16. The number of hydrogen-bond donors (Lipinski definition) is 1. The summed E-state index contributed by atoms with van der Waals surface area (Å²) in [4.78, 5) is 58.3. The zero-order valence-electron chi connectivity index (χ0n) is 21.5. The van der Waals surface area contributed by atoms with Gasteiger partial charge in [0.05, 0.1) is 12.6 Å². The van der Waals surface area contributed by atoms with E-state index >= 15 is 0 Å². The Kier molecular flexibility index (Phi) is 7.96. The summed E-state index contributed by atoms with van der Waals surface area (Å²) >= 11 is 0. The van der Waals surface area contributed by atoms with E-state index in [1.807, 2.05) is 30.3 Å². The lowest BCUT2D eigenvalue weighted by atomic mass is 10.1. The van der Waals surface area contributed by atoms with Crippen molar-refractivity contribution in [1.82, 2.24) is 20.1 Å². The summed E-state index contributed by atoms with van der Waals surface area (Å²) in [5.41, 5.74) is 0.827. The molecule has 3 heterocycles. The molecule has 200 valence electrons. The summed E-state index contributed by atoms with van der Waals surface area (Å²) < 4.78 is 5.75. The largest absolute Gasteiger partial charge is 0.457 e. The van der Waals surface area contributed by atoms with E-state index in [9.17, 15) is 19.2 Å². The predicted octanol–water partition coefficient (Wildman–Crippen LogP) is 3.47. The van der Waals surface area contributed by atoms with Crippen molar-refractivity contribution in [1.29, 1.82) is 0 Å². The van der Waals surface area contributed by atoms with Crippen molar-refractivity contribution in [3.63, 3.8) is 0 Å². The van der Waals surface area contributed by atoms with Crippen LogP contribution >= 0.6 is 0 Å². The highest BCUT2D eigenvalue weighted by atomic mass is 16.5. The van der Waals surface area contributed by atoms with Gasteiger partial charge in [0.2, 0.25) is 5.91 Å². The monoisotopic (exact) mass is 526 g/mol. The molecule has 0 saturated carbocycles. The number of likely N-dealkylation sites (tertiary alicyclic amines) is 2. The van der Waals surface area contributed by atoms with Crippen molar-refractivity contribution in [2.75, 3.05) is 19.6 Å². The number of Topliss-reactive ketones (excluding diaryl/α,β-unsaturated/α-hetero) is 1. The normalized spacial score (nSPS) is 18.1. The second-order valence-corrected chi connectivity index (χ2v) is 9.65. The van der Waals surface area contributed by atoms with Gasteiger partial charge < -0.3 is 19.9 Å². The molecule has 2 aliphatic heterocycles. The maximum absolute atomic E-state index is 12.9. The number of ketones is 1. The number of unbranched alkanes of at least 4 members (excludes halogenated alkanes) is 1. The fraction of sp³-hybridized carbons (Fsp3) is 0.300. The van der Waals surface area contributed by atoms with Gasteiger partial charge in [-0.05, 0) is 67.8 Å². The number of carbonyl (C=O) groups excluding carboxylic acids is 4. The summed E-state index contributed by atoms with van der Waals surface area (Å²) in [6.07, 6.45) is 3.62. The van der Waals surface area contributed by atoms with Crippen LogP contribution in [-0.2, 0) is 9.59 Å². The molecule has 9 heteroatoms. The lowest BCUT2D eigenvalue weighted by Gasteiger charge is -2.24. The van der Waals surface area contributed by atoms with Gasteiger partial charge in [0.1, 0.15) is 23.2 Å². The van der Waals surface area contributed by atoms with Gasteiger partial charge in [0, 0.05) is 31.3 Å². The summed E-state index contributed by atoms with van der Waals surface area (Å²) in [7, 11) is 0. The minimum absolute atomic E-state index is 0.0000871. The highest BCUT2D eigenvalue weighted by molar-refractivity contribution is 6.01. The van der Waals surface area contributed by atoms with Crippen LogP contribution in [0, 0.1) is 0 Å². The molecule has 2 saturated heterocycles. The Labute approximate surface area is 226 Å². The smallest absolute Gasteiger partial charge is 0.273 e. The average Bonchev–Trinajstić information content (AvgIpc) is 3.55. The van der Waals surface area contributed by atoms with Crippen molar-refractivity contribution >= 4 is 23.5 Å². The van der Waals surface area contributed by atoms with Crippen molar-refractivity contribution in [2.45, 2.75) is 37.8 Å². The molecule has 9 nitrogen and oxygen atoms in total. The number of carbonyl (C=O) groups is 4. The van der Waals surface area contributed by atoms with E-state index in [4.69, 9.17) is 4.74 Å². The molecule has 2 aromatic carbocycles. The summed E-state index contributed by atoms with van der Waals surface area (Å²) in [5.74, 6) is 0.696. The van der Waals surface area contributed by atoms with E-state index in [0.717, 1.165) is 5.75 Å². The molecule has 2 aliphatic rings. The van der Waals surface area contributed by atoms with Crippen LogP contribution in [0.2, 0.25) is 0 Å². The third kappa shape index (κ3) is 5.98. The molecule has 2 atom stereocenters. The Morgan fingerprint density at radius 1 is 0.897 bits per heavy atom. The van der Waals surface area contributed by atoms with Crippen LogP contribution in [0.25, 0.3) is 0 Å². The van der Waals surface area contributed by atoms with E-state index < -0.39 is 6.04 Å². The van der Waals surface area contributed by atoms with Crippen LogP contribution in [0.3, 0.4) is 0 Å². The average molecular weight is 527 g/mol. The maximum Gasteiger partial charge on any atom is 0.273 e. The molecular formula is C30H30N4O5. The Morgan fingerprint density at radius 3 is 2.38 bits per heavy atom. The second-order valence-electron chi connectivity index (χ2n) is 9.65. The number of nitrogens with zero attached hydrogens (tertiary/aromatic N) is 3. The first-order valence-electron chi connectivity index (χ1n) is 13.2. The van der Waals surface area contributed by atoms with E-state index in [1.165, 1.54) is 0 Å². The number of pyridine rings is 1. The van der Waals surface area contributed by atoms with Gasteiger partial charge in [-0.1, -0.05) is 24.3 Å². The number of fused-ring (bicyclic) bond motifs is 1. The molecule has 39 heavy (non-hydrogen) atoms. The van der Waals surface area contributed by atoms with Crippen molar-refractivity contribution in [3.05, 3.63) is 90.3 Å². The van der Waals surface area contributed by atoms with E-state index in [1.54, 1.807) is 58.5 Å². The van der Waals surface area contributed by atoms with Crippen LogP contribution < -0.4 is 10.1 Å². The van der Waals surface area contributed by atoms with E-state index in [-0.39, 0.29) is 42.5 Å². The molecule has 0 aliphatic carbocycles.